The predicted molar refractivity (Wildman–Crippen MR) is 293 cm³/mol. The van der Waals surface area contributed by atoms with Gasteiger partial charge in [-0.05, 0) is 122 Å². The molecule has 0 unspecified atom stereocenters. The van der Waals surface area contributed by atoms with Crippen molar-refractivity contribution in [2.45, 2.75) is 105 Å². The molecule has 2 aromatic heterocycles. The van der Waals surface area contributed by atoms with Crippen LogP contribution in [0.5, 0.6) is 11.5 Å². The molecule has 0 spiro atoms. The number of hydrogen-bond acceptors (Lipinski definition) is 4. The van der Waals surface area contributed by atoms with Crippen LogP contribution in [-0.4, -0.2) is 16.2 Å². The Labute approximate surface area is 432 Å². The van der Waals surface area contributed by atoms with Gasteiger partial charge in [-0.25, -0.2) is 4.98 Å². The van der Waals surface area contributed by atoms with Gasteiger partial charge in [0.1, 0.15) is 24.0 Å². The summed E-state index contributed by atoms with van der Waals surface area (Å²) in [6, 6.07) is 15.2. The highest BCUT2D eigenvalue weighted by molar-refractivity contribution is 6.09. The molecule has 9 aromatic rings. The average Bonchev–Trinajstić information content (AvgIpc) is 1.67. The molecule has 0 aliphatic carbocycles. The quantitative estimate of drug-likeness (QED) is 0.159. The largest absolute Gasteiger partial charge is 0.457 e. The van der Waals surface area contributed by atoms with Crippen molar-refractivity contribution >= 4 is 44.6 Å². The lowest BCUT2D eigenvalue weighted by Gasteiger charge is -2.31. The molecule has 0 bridgehead atoms. The lowest BCUT2D eigenvalue weighted by atomic mass is 9.77. The molecule has 7 aromatic carbocycles. The fraction of sp³-hybridized carbons (Fsp3) is 0.266. The monoisotopic (exact) mass is 923 g/mol. The number of ether oxygens (including phenoxy) is 1. The molecule has 0 saturated carbocycles. The number of hydrogen-bond donors (Lipinski definition) is 0. The number of pyridine rings is 1. The predicted octanol–water partition coefficient (Wildman–Crippen LogP) is 17.7. The van der Waals surface area contributed by atoms with E-state index in [9.17, 15) is 9.60 Å². The average molecular weight is 923 g/mol. The Morgan fingerprint density at radius 1 is 0.478 bits per heavy atom. The van der Waals surface area contributed by atoms with E-state index in [4.69, 9.17) is 17.1 Å². The first-order chi connectivity index (χ1) is 39.4. The van der Waals surface area contributed by atoms with Gasteiger partial charge < -0.3 is 14.5 Å². The molecule has 1 aliphatic rings. The van der Waals surface area contributed by atoms with E-state index in [1.165, 1.54) is 16.7 Å². The van der Waals surface area contributed by atoms with E-state index in [-0.39, 0.29) is 80.0 Å². The van der Waals surface area contributed by atoms with E-state index in [0.717, 1.165) is 22.3 Å². The van der Waals surface area contributed by atoms with Crippen LogP contribution in [0.4, 0.5) is 22.7 Å². The standard InChI is InChI=1S/C64H66N4O/c1-61(2,3)44-31-32-65-59(38-44)68-55-26-17-16-25-51(55)52-30-29-50(40-58(52)68)69-49-24-20-23-48(39-49)66-41-67(57-28-19-18-27-56(57)66)60-53(42-21-14-13-15-22-42)36-47(64(10,11)12)37-54(60)43-33-45(62(4,5)6)35-46(34-43)63(7,8)9/h13-40H,41H2,1-12H3/i13D,14D,15D,16D,17D,20D,21D,22D,23D,24D,25D,26D,29D,30D,31D,32D. The van der Waals surface area contributed by atoms with Crippen LogP contribution in [-0.2, 0) is 21.7 Å². The molecule has 348 valence electrons. The smallest absolute Gasteiger partial charge is 0.137 e. The van der Waals surface area contributed by atoms with E-state index in [0.29, 0.717) is 33.8 Å². The number of anilines is 4. The third-order valence-electron chi connectivity index (χ3n) is 12.8. The highest BCUT2D eigenvalue weighted by atomic mass is 16.5. The maximum Gasteiger partial charge on any atom is 0.137 e. The van der Waals surface area contributed by atoms with Crippen molar-refractivity contribution in [3.63, 3.8) is 0 Å². The van der Waals surface area contributed by atoms with Crippen LogP contribution in [0.1, 0.15) is 127 Å². The second kappa shape index (κ2) is 16.8. The van der Waals surface area contributed by atoms with Gasteiger partial charge in [0.05, 0.1) is 50.0 Å². The molecule has 3 heterocycles. The van der Waals surface area contributed by atoms with E-state index in [1.807, 2.05) is 56.0 Å². The third-order valence-corrected chi connectivity index (χ3v) is 12.8. The summed E-state index contributed by atoms with van der Waals surface area (Å²) in [5, 5.41) is -0.123. The second-order valence-electron chi connectivity index (χ2n) is 21.9. The highest BCUT2D eigenvalue weighted by Crippen LogP contribution is 2.52. The van der Waals surface area contributed by atoms with Crippen LogP contribution >= 0.6 is 0 Å². The van der Waals surface area contributed by atoms with Gasteiger partial charge in [-0.1, -0.05) is 168 Å². The summed E-state index contributed by atoms with van der Waals surface area (Å²) in [4.78, 5) is 8.19. The molecule has 0 atom stereocenters. The molecule has 1 aliphatic heterocycles. The Morgan fingerprint density at radius 3 is 1.72 bits per heavy atom. The summed E-state index contributed by atoms with van der Waals surface area (Å²) in [6.07, 6.45) is -0.405. The van der Waals surface area contributed by atoms with E-state index >= 15 is 0 Å². The first-order valence-corrected chi connectivity index (χ1v) is 23.2. The highest BCUT2D eigenvalue weighted by Gasteiger charge is 2.34. The van der Waals surface area contributed by atoms with Crippen molar-refractivity contribution in [2.24, 2.45) is 0 Å². The molecule has 5 nitrogen and oxygen atoms in total. The van der Waals surface area contributed by atoms with E-state index in [2.05, 4.69) is 91.6 Å². The van der Waals surface area contributed by atoms with Crippen LogP contribution in [0, 0.1) is 0 Å². The summed E-state index contributed by atoms with van der Waals surface area (Å²) in [5.41, 5.74) is 5.11. The van der Waals surface area contributed by atoms with Gasteiger partial charge in [0.15, 0.2) is 0 Å². The van der Waals surface area contributed by atoms with Crippen molar-refractivity contribution in [3.8, 4) is 39.6 Å². The Morgan fingerprint density at radius 2 is 1.06 bits per heavy atom. The summed E-state index contributed by atoms with van der Waals surface area (Å²) in [7, 11) is 0. The fourth-order valence-corrected chi connectivity index (χ4v) is 8.80. The van der Waals surface area contributed by atoms with Gasteiger partial charge in [-0.2, -0.15) is 0 Å². The summed E-state index contributed by atoms with van der Waals surface area (Å²) < 4.78 is 153. The van der Waals surface area contributed by atoms with Gasteiger partial charge in [-0.3, -0.25) is 4.57 Å². The van der Waals surface area contributed by atoms with Crippen molar-refractivity contribution in [3.05, 3.63) is 192 Å². The minimum absolute atomic E-state index is 0.00856. The molecule has 0 fully saturated rings. The lowest BCUT2D eigenvalue weighted by Crippen LogP contribution is -2.25. The van der Waals surface area contributed by atoms with Crippen molar-refractivity contribution in [1.29, 1.82) is 0 Å². The molecule has 0 saturated heterocycles. The van der Waals surface area contributed by atoms with Crippen LogP contribution in [0.2, 0.25) is 0 Å². The van der Waals surface area contributed by atoms with Gasteiger partial charge in [0.25, 0.3) is 0 Å². The molecule has 0 N–H and O–H groups in total. The fourth-order valence-electron chi connectivity index (χ4n) is 8.80. The zero-order valence-electron chi connectivity index (χ0n) is 57.3. The van der Waals surface area contributed by atoms with Crippen LogP contribution in [0.3, 0.4) is 0 Å². The van der Waals surface area contributed by atoms with Crippen molar-refractivity contribution in [1.82, 2.24) is 9.55 Å². The molecule has 10 rings (SSSR count). The number of aromatic nitrogens is 2. The lowest BCUT2D eigenvalue weighted by molar-refractivity contribution is 0.483. The van der Waals surface area contributed by atoms with E-state index in [1.54, 1.807) is 11.0 Å². The molecular weight excluding hydrogens is 841 g/mol. The SMILES string of the molecule is [2H]c1nc(-n2c3cc(Oc4cc(N5CN(c6c(-c7cc(C(C)(C)C)cc(C(C)(C)C)c7)cc(C(C)(C)C)cc6-c6c([2H])c([2H])c([2H])c([2H])c6[2H])c6ccccc65)c([2H])c([2H])c4[2H])c([2H])c([2H])c3c3c([2H])c([2H])c([2H])c([2H])c32)cc(C(C)(C)C)c1[2H]. The van der Waals surface area contributed by atoms with Gasteiger partial charge in [0, 0.05) is 45.9 Å². The topological polar surface area (TPSA) is 33.5 Å². The summed E-state index contributed by atoms with van der Waals surface area (Å²) in [6.45, 7) is 24.5. The Bertz CT molecular complexity index is 4270. The zero-order chi connectivity index (χ0) is 62.5. The normalized spacial score (nSPS) is 16.6. The van der Waals surface area contributed by atoms with Crippen molar-refractivity contribution < 1.29 is 26.7 Å². The maximum absolute atomic E-state index is 9.56. The Hall–Kier alpha value is -7.11. The van der Waals surface area contributed by atoms with E-state index < -0.39 is 95.6 Å². The minimum Gasteiger partial charge on any atom is -0.457 e. The Kier molecular flexibility index (Phi) is 7.42. The zero-order valence-corrected chi connectivity index (χ0v) is 41.3. The minimum atomic E-state index is -0.682. The van der Waals surface area contributed by atoms with Gasteiger partial charge >= 0.3 is 0 Å². The maximum atomic E-state index is 9.56. The summed E-state index contributed by atoms with van der Waals surface area (Å²) in [5.74, 6) is -0.584. The second-order valence-corrected chi connectivity index (χ2v) is 21.9. The number of nitrogens with zero attached hydrogens (tertiary/aromatic N) is 4. The van der Waals surface area contributed by atoms with Crippen molar-refractivity contribution in [2.75, 3.05) is 16.5 Å². The van der Waals surface area contributed by atoms with Gasteiger partial charge in [-0.15, -0.1) is 0 Å². The number of fused-ring (bicyclic) bond motifs is 4. The molecule has 0 radical (unpaired) electrons. The molecule has 5 heteroatoms. The number of benzene rings is 7. The molecule has 0 amide bonds. The molecular formula is C64H66N4O. The van der Waals surface area contributed by atoms with Crippen LogP contribution in [0.15, 0.2) is 170 Å². The number of rotatable bonds is 7. The first-order valence-electron chi connectivity index (χ1n) is 31.2. The van der Waals surface area contributed by atoms with Crippen LogP contribution < -0.4 is 14.5 Å². The number of para-hydroxylation sites is 3. The Balaban J connectivity index is 1.22. The van der Waals surface area contributed by atoms with Gasteiger partial charge in [0.2, 0.25) is 0 Å². The molecule has 69 heavy (non-hydrogen) atoms. The summed E-state index contributed by atoms with van der Waals surface area (Å²) >= 11 is 0. The third kappa shape index (κ3) is 8.69. The van der Waals surface area contributed by atoms with Crippen LogP contribution in [0.25, 0.3) is 49.9 Å². The first kappa shape index (κ1) is 30.4.